The lowest BCUT2D eigenvalue weighted by atomic mass is 10.1. The third kappa shape index (κ3) is 4.54. The smallest absolute Gasteiger partial charge is 0.293 e. The van der Waals surface area contributed by atoms with Crippen LogP contribution in [0.3, 0.4) is 0 Å². The van der Waals surface area contributed by atoms with Gasteiger partial charge < -0.3 is 4.57 Å². The van der Waals surface area contributed by atoms with E-state index in [1.54, 1.807) is 48.5 Å². The minimum absolute atomic E-state index is 0.250. The van der Waals surface area contributed by atoms with Gasteiger partial charge in [0.05, 0.1) is 18.0 Å². The van der Waals surface area contributed by atoms with Crippen molar-refractivity contribution in [2.45, 2.75) is 13.5 Å². The molecule has 8 heteroatoms. The third-order valence-corrected chi connectivity index (χ3v) is 7.62. The summed E-state index contributed by atoms with van der Waals surface area (Å²) < 4.78 is 17.2. The van der Waals surface area contributed by atoms with Gasteiger partial charge in [-0.2, -0.15) is 0 Å². The van der Waals surface area contributed by atoms with Crippen molar-refractivity contribution in [1.29, 1.82) is 0 Å². The molecule has 1 fully saturated rings. The van der Waals surface area contributed by atoms with Gasteiger partial charge in [-0.05, 0) is 49.0 Å². The number of Topliss-reactive ketones (excluding diaryl/α,β-unsaturated/α-hetero) is 1. The standard InChI is InChI=1S/C28H20BrFN2O3S/c1-17-22(21-7-3-5-9-24(21)31(17)15-19-6-2-4-8-23(19)30)14-26-27(34)32(28(35)36-26)16-25(33)18-10-12-20(29)13-11-18/h2-14H,15-16H2,1H3/b26-14-. The van der Waals surface area contributed by atoms with Gasteiger partial charge in [-0.25, -0.2) is 4.39 Å². The van der Waals surface area contributed by atoms with E-state index in [-0.39, 0.29) is 23.1 Å². The molecule has 0 radical (unpaired) electrons. The topological polar surface area (TPSA) is 59.4 Å². The van der Waals surface area contributed by atoms with E-state index in [1.807, 2.05) is 35.8 Å². The highest BCUT2D eigenvalue weighted by Gasteiger charge is 2.36. The van der Waals surface area contributed by atoms with Crippen LogP contribution in [0.4, 0.5) is 9.18 Å². The fourth-order valence-electron chi connectivity index (χ4n) is 4.28. The van der Waals surface area contributed by atoms with Crippen molar-refractivity contribution in [2.75, 3.05) is 6.54 Å². The van der Waals surface area contributed by atoms with Crippen LogP contribution < -0.4 is 0 Å². The van der Waals surface area contributed by atoms with Crippen LogP contribution in [0.25, 0.3) is 17.0 Å². The Labute approximate surface area is 219 Å². The zero-order valence-electron chi connectivity index (χ0n) is 19.2. The van der Waals surface area contributed by atoms with E-state index in [1.165, 1.54) is 6.07 Å². The summed E-state index contributed by atoms with van der Waals surface area (Å²) in [6, 6.07) is 21.1. The molecule has 1 aromatic heterocycles. The zero-order chi connectivity index (χ0) is 25.4. The lowest BCUT2D eigenvalue weighted by molar-refractivity contribution is -0.122. The number of rotatable bonds is 6. The number of aromatic nitrogens is 1. The molecular formula is C28H20BrFN2O3S. The van der Waals surface area contributed by atoms with Gasteiger partial charge in [0, 0.05) is 37.8 Å². The van der Waals surface area contributed by atoms with Crippen molar-refractivity contribution in [1.82, 2.24) is 9.47 Å². The maximum absolute atomic E-state index is 14.4. The van der Waals surface area contributed by atoms with Crippen molar-refractivity contribution >= 4 is 61.6 Å². The number of halogens is 2. The Balaban J connectivity index is 1.47. The Morgan fingerprint density at radius 1 is 1.00 bits per heavy atom. The van der Waals surface area contributed by atoms with Crippen LogP contribution in [0, 0.1) is 12.7 Å². The second-order valence-corrected chi connectivity index (χ2v) is 10.3. The first-order chi connectivity index (χ1) is 17.3. The molecule has 0 unspecified atom stereocenters. The predicted octanol–water partition coefficient (Wildman–Crippen LogP) is 6.82. The summed E-state index contributed by atoms with van der Waals surface area (Å²) in [6.45, 7) is 1.92. The summed E-state index contributed by atoms with van der Waals surface area (Å²) in [6.07, 6.45) is 1.70. The number of hydrogen-bond acceptors (Lipinski definition) is 4. The number of nitrogens with zero attached hydrogens (tertiary/aromatic N) is 2. The maximum atomic E-state index is 14.4. The summed E-state index contributed by atoms with van der Waals surface area (Å²) in [5.74, 6) is -1.10. The molecule has 0 spiro atoms. The predicted molar refractivity (Wildman–Crippen MR) is 143 cm³/mol. The molecule has 3 aromatic carbocycles. The monoisotopic (exact) mass is 562 g/mol. The van der Waals surface area contributed by atoms with E-state index in [0.717, 1.165) is 43.3 Å². The lowest BCUT2D eigenvalue weighted by Crippen LogP contribution is -2.33. The average molecular weight is 563 g/mol. The summed E-state index contributed by atoms with van der Waals surface area (Å²) >= 11 is 4.15. The Hall–Kier alpha value is -3.49. The zero-order valence-corrected chi connectivity index (χ0v) is 21.6. The quantitative estimate of drug-likeness (QED) is 0.191. The minimum atomic E-state index is -0.499. The molecule has 2 heterocycles. The van der Waals surface area contributed by atoms with Crippen molar-refractivity contribution in [3.63, 3.8) is 0 Å². The van der Waals surface area contributed by atoms with E-state index >= 15 is 0 Å². The molecule has 1 aliphatic rings. The normalized spacial score (nSPS) is 14.9. The average Bonchev–Trinajstić information content (AvgIpc) is 3.29. The molecule has 1 aliphatic heterocycles. The van der Waals surface area contributed by atoms with Crippen molar-refractivity contribution < 1.29 is 18.8 Å². The number of carbonyl (C=O) groups is 3. The molecule has 5 rings (SSSR count). The second kappa shape index (κ2) is 9.87. The Bertz CT molecular complexity index is 1560. The second-order valence-electron chi connectivity index (χ2n) is 8.39. The lowest BCUT2D eigenvalue weighted by Gasteiger charge is -2.11. The van der Waals surface area contributed by atoms with E-state index in [0.29, 0.717) is 17.7 Å². The Morgan fingerprint density at radius 2 is 1.69 bits per heavy atom. The largest absolute Gasteiger partial charge is 0.340 e. The van der Waals surface area contributed by atoms with Gasteiger partial charge in [-0.3, -0.25) is 19.3 Å². The van der Waals surface area contributed by atoms with Crippen LogP contribution in [0.15, 0.2) is 82.2 Å². The number of imide groups is 1. The number of hydrogen-bond donors (Lipinski definition) is 0. The summed E-state index contributed by atoms with van der Waals surface area (Å²) in [5, 5.41) is 0.411. The van der Waals surface area contributed by atoms with E-state index in [9.17, 15) is 18.8 Å². The highest BCUT2D eigenvalue weighted by Crippen LogP contribution is 2.36. The van der Waals surface area contributed by atoms with Crippen LogP contribution in [0.1, 0.15) is 27.2 Å². The first-order valence-electron chi connectivity index (χ1n) is 11.2. The van der Waals surface area contributed by atoms with Gasteiger partial charge >= 0.3 is 0 Å². The molecule has 0 atom stereocenters. The summed E-state index contributed by atoms with van der Waals surface area (Å²) in [5.41, 5.74) is 3.51. The maximum Gasteiger partial charge on any atom is 0.293 e. The van der Waals surface area contributed by atoms with Crippen LogP contribution >= 0.6 is 27.7 Å². The first kappa shape index (κ1) is 24.2. The molecule has 180 valence electrons. The van der Waals surface area contributed by atoms with E-state index in [2.05, 4.69) is 15.9 Å². The third-order valence-electron chi connectivity index (χ3n) is 6.18. The van der Waals surface area contributed by atoms with Crippen LogP contribution in [-0.2, 0) is 11.3 Å². The molecule has 0 saturated carbocycles. The molecule has 36 heavy (non-hydrogen) atoms. The number of thioether (sulfide) groups is 1. The number of ketones is 1. The molecule has 0 N–H and O–H groups in total. The highest BCUT2D eigenvalue weighted by molar-refractivity contribution is 9.10. The van der Waals surface area contributed by atoms with Gasteiger partial charge in [0.15, 0.2) is 5.78 Å². The molecule has 4 aromatic rings. The van der Waals surface area contributed by atoms with E-state index in [4.69, 9.17) is 0 Å². The summed E-state index contributed by atoms with van der Waals surface area (Å²) in [7, 11) is 0. The molecule has 0 aliphatic carbocycles. The minimum Gasteiger partial charge on any atom is -0.340 e. The molecular weight excluding hydrogens is 543 g/mol. The highest BCUT2D eigenvalue weighted by atomic mass is 79.9. The molecule has 0 bridgehead atoms. The number of carbonyl (C=O) groups excluding carboxylic acids is 3. The van der Waals surface area contributed by atoms with Gasteiger partial charge in [-0.15, -0.1) is 0 Å². The number of benzene rings is 3. The summed E-state index contributed by atoms with van der Waals surface area (Å²) in [4.78, 5) is 39.7. The van der Waals surface area contributed by atoms with Crippen LogP contribution in [-0.4, -0.2) is 32.9 Å². The SMILES string of the molecule is Cc1c(/C=C2\SC(=O)N(CC(=O)c3ccc(Br)cc3)C2=O)c2ccccc2n1Cc1ccccc1F. The van der Waals surface area contributed by atoms with Crippen LogP contribution in [0.2, 0.25) is 0 Å². The number of amides is 2. The van der Waals surface area contributed by atoms with Gasteiger partial charge in [-0.1, -0.05) is 64.5 Å². The Kier molecular flexibility index (Phi) is 6.64. The molecule has 1 saturated heterocycles. The first-order valence-corrected chi connectivity index (χ1v) is 12.8. The fourth-order valence-corrected chi connectivity index (χ4v) is 5.36. The van der Waals surface area contributed by atoms with Gasteiger partial charge in [0.25, 0.3) is 11.1 Å². The number of fused-ring (bicyclic) bond motifs is 1. The van der Waals surface area contributed by atoms with Crippen molar-refractivity contribution in [3.05, 3.63) is 110 Å². The fraction of sp³-hybridized carbons (Fsp3) is 0.107. The van der Waals surface area contributed by atoms with Crippen LogP contribution in [0.5, 0.6) is 0 Å². The van der Waals surface area contributed by atoms with Gasteiger partial charge in [0.2, 0.25) is 0 Å². The Morgan fingerprint density at radius 3 is 2.44 bits per heavy atom. The van der Waals surface area contributed by atoms with Crippen molar-refractivity contribution in [3.8, 4) is 0 Å². The van der Waals surface area contributed by atoms with E-state index < -0.39 is 11.1 Å². The molecule has 5 nitrogen and oxygen atoms in total. The van der Waals surface area contributed by atoms with Gasteiger partial charge in [0.1, 0.15) is 5.82 Å². The van der Waals surface area contributed by atoms with Crippen molar-refractivity contribution in [2.24, 2.45) is 0 Å². The molecule has 2 amide bonds. The number of para-hydroxylation sites is 1.